The molecule has 0 aliphatic carbocycles. The number of aryl methyl sites for hydroxylation is 1. The average molecular weight is 304 g/mol. The molecule has 0 bridgehead atoms. The molecule has 0 spiro atoms. The van der Waals surface area contributed by atoms with Gasteiger partial charge in [0, 0.05) is 44.9 Å². The van der Waals surface area contributed by atoms with Crippen molar-refractivity contribution in [1.82, 2.24) is 14.9 Å². The van der Waals surface area contributed by atoms with Crippen molar-refractivity contribution in [3.63, 3.8) is 0 Å². The molecule has 6 heteroatoms. The third-order valence-corrected chi connectivity index (χ3v) is 4.36. The van der Waals surface area contributed by atoms with E-state index in [9.17, 15) is 4.79 Å². The summed E-state index contributed by atoms with van der Waals surface area (Å²) in [6.07, 6.45) is 2.99. The average Bonchev–Trinajstić information content (AvgIpc) is 2.82. The largest absolute Gasteiger partial charge is 0.380 e. The van der Waals surface area contributed by atoms with Crippen LogP contribution in [0.1, 0.15) is 43.7 Å². The highest BCUT2D eigenvalue weighted by molar-refractivity contribution is 5.74. The zero-order chi connectivity index (χ0) is 15.5. The van der Waals surface area contributed by atoms with Gasteiger partial charge in [0.1, 0.15) is 5.82 Å². The van der Waals surface area contributed by atoms with Gasteiger partial charge in [-0.2, -0.15) is 0 Å². The van der Waals surface area contributed by atoms with Gasteiger partial charge in [0.15, 0.2) is 5.82 Å². The fraction of sp³-hybridized carbons (Fsp3) is 0.688. The van der Waals surface area contributed by atoms with Gasteiger partial charge in [0.25, 0.3) is 0 Å². The molecule has 0 radical (unpaired) electrons. The van der Waals surface area contributed by atoms with E-state index in [-0.39, 0.29) is 11.9 Å². The molecule has 2 aliphatic rings. The number of hydrogen-bond acceptors (Lipinski definition) is 5. The Morgan fingerprint density at radius 3 is 2.91 bits per heavy atom. The van der Waals surface area contributed by atoms with E-state index in [2.05, 4.69) is 9.88 Å². The summed E-state index contributed by atoms with van der Waals surface area (Å²) in [5, 5.41) is 0. The molecular weight excluding hydrogens is 280 g/mol. The van der Waals surface area contributed by atoms with E-state index in [4.69, 9.17) is 9.72 Å². The molecule has 2 fully saturated rings. The molecule has 0 N–H and O–H groups in total. The van der Waals surface area contributed by atoms with Crippen LogP contribution in [0.4, 0.5) is 5.82 Å². The summed E-state index contributed by atoms with van der Waals surface area (Å²) in [4.78, 5) is 25.3. The van der Waals surface area contributed by atoms with E-state index >= 15 is 0 Å². The molecule has 1 atom stereocenters. The number of anilines is 1. The van der Waals surface area contributed by atoms with Crippen LogP contribution in [0.2, 0.25) is 0 Å². The molecule has 1 aromatic heterocycles. The van der Waals surface area contributed by atoms with Gasteiger partial charge in [0.2, 0.25) is 5.91 Å². The van der Waals surface area contributed by atoms with Crippen LogP contribution in [-0.2, 0) is 9.53 Å². The number of likely N-dealkylation sites (tertiary alicyclic amines) is 1. The fourth-order valence-corrected chi connectivity index (χ4v) is 3.27. The molecule has 3 heterocycles. The van der Waals surface area contributed by atoms with Crippen molar-refractivity contribution in [1.29, 1.82) is 0 Å². The Kier molecular flexibility index (Phi) is 4.57. The number of aromatic nitrogens is 2. The van der Waals surface area contributed by atoms with Crippen LogP contribution >= 0.6 is 0 Å². The first-order valence-electron chi connectivity index (χ1n) is 8.10. The van der Waals surface area contributed by atoms with Crippen LogP contribution in [0.25, 0.3) is 0 Å². The summed E-state index contributed by atoms with van der Waals surface area (Å²) in [5.74, 6) is 1.86. The first-order valence-corrected chi connectivity index (χ1v) is 8.10. The number of nitrogens with zero attached hydrogens (tertiary/aromatic N) is 4. The van der Waals surface area contributed by atoms with Gasteiger partial charge in [0.05, 0.1) is 12.6 Å². The van der Waals surface area contributed by atoms with Crippen molar-refractivity contribution in [2.75, 3.05) is 37.7 Å². The van der Waals surface area contributed by atoms with Crippen molar-refractivity contribution in [3.8, 4) is 0 Å². The normalized spacial score (nSPS) is 22.7. The smallest absolute Gasteiger partial charge is 0.220 e. The molecule has 0 aromatic carbocycles. The Hall–Kier alpha value is -1.69. The second-order valence-electron chi connectivity index (χ2n) is 6.05. The maximum atomic E-state index is 11.8. The molecule has 2 saturated heterocycles. The number of hydrogen-bond donors (Lipinski definition) is 0. The Bertz CT molecular complexity index is 541. The predicted octanol–water partition coefficient (Wildman–Crippen LogP) is 1.70. The number of carbonyl (C=O) groups is 1. The lowest BCUT2D eigenvalue weighted by atomic mass is 10.2. The third-order valence-electron chi connectivity index (χ3n) is 4.36. The minimum Gasteiger partial charge on any atom is -0.380 e. The second-order valence-corrected chi connectivity index (χ2v) is 6.05. The summed E-state index contributed by atoms with van der Waals surface area (Å²) < 4.78 is 5.52. The second kappa shape index (κ2) is 6.60. The summed E-state index contributed by atoms with van der Waals surface area (Å²) in [7, 11) is 0. The van der Waals surface area contributed by atoms with E-state index in [1.807, 2.05) is 17.9 Å². The highest BCUT2D eigenvalue weighted by atomic mass is 16.5. The standard InChI is InChI=1S/C16H24N4O2/c1-12-11-15(19-6-4-9-22-10-8-19)18-16(17-12)14-5-3-7-20(14)13(2)21/h11,14H,3-10H2,1-2H3/t14-/m1/s1. The molecule has 2 aliphatic heterocycles. The lowest BCUT2D eigenvalue weighted by molar-refractivity contribution is -0.129. The predicted molar refractivity (Wildman–Crippen MR) is 83.8 cm³/mol. The highest BCUT2D eigenvalue weighted by Gasteiger charge is 2.30. The minimum absolute atomic E-state index is 0.0272. The molecule has 120 valence electrons. The summed E-state index contributed by atoms with van der Waals surface area (Å²) >= 11 is 0. The third kappa shape index (κ3) is 3.21. The molecule has 3 rings (SSSR count). The molecule has 1 aromatic rings. The van der Waals surface area contributed by atoms with Gasteiger partial charge in [-0.25, -0.2) is 9.97 Å². The van der Waals surface area contributed by atoms with Crippen LogP contribution in [0.3, 0.4) is 0 Å². The lowest BCUT2D eigenvalue weighted by Crippen LogP contribution is -2.31. The SMILES string of the molecule is CC(=O)N1CCC[C@@H]1c1nc(C)cc(N2CCCOCC2)n1. The fourth-order valence-electron chi connectivity index (χ4n) is 3.27. The minimum atomic E-state index is 0.0272. The van der Waals surface area contributed by atoms with Crippen LogP contribution in [0, 0.1) is 6.92 Å². The van der Waals surface area contributed by atoms with Crippen molar-refractivity contribution < 1.29 is 9.53 Å². The molecular formula is C16H24N4O2. The monoisotopic (exact) mass is 304 g/mol. The number of carbonyl (C=O) groups excluding carboxylic acids is 1. The molecule has 0 unspecified atom stereocenters. The van der Waals surface area contributed by atoms with Gasteiger partial charge < -0.3 is 14.5 Å². The van der Waals surface area contributed by atoms with Gasteiger partial charge in [-0.05, 0) is 26.2 Å². The number of rotatable bonds is 2. The van der Waals surface area contributed by atoms with Crippen LogP contribution in [0.15, 0.2) is 6.07 Å². The van der Waals surface area contributed by atoms with Gasteiger partial charge >= 0.3 is 0 Å². The van der Waals surface area contributed by atoms with Gasteiger partial charge in [-0.15, -0.1) is 0 Å². The zero-order valence-electron chi connectivity index (χ0n) is 13.4. The van der Waals surface area contributed by atoms with Crippen LogP contribution in [-0.4, -0.2) is 53.6 Å². The van der Waals surface area contributed by atoms with Crippen LogP contribution in [0.5, 0.6) is 0 Å². The quantitative estimate of drug-likeness (QED) is 0.832. The lowest BCUT2D eigenvalue weighted by Gasteiger charge is -2.25. The van der Waals surface area contributed by atoms with E-state index in [0.717, 1.165) is 69.4 Å². The Morgan fingerprint density at radius 1 is 1.23 bits per heavy atom. The maximum absolute atomic E-state index is 11.8. The van der Waals surface area contributed by atoms with E-state index < -0.39 is 0 Å². The zero-order valence-corrected chi connectivity index (χ0v) is 13.4. The molecule has 22 heavy (non-hydrogen) atoms. The first-order chi connectivity index (χ1) is 10.6. The molecule has 0 saturated carbocycles. The van der Waals surface area contributed by atoms with Gasteiger partial charge in [-0.1, -0.05) is 0 Å². The Morgan fingerprint density at radius 2 is 2.09 bits per heavy atom. The van der Waals surface area contributed by atoms with E-state index in [1.165, 1.54) is 0 Å². The van der Waals surface area contributed by atoms with Crippen molar-refractivity contribution in [3.05, 3.63) is 17.6 Å². The van der Waals surface area contributed by atoms with E-state index in [0.29, 0.717) is 0 Å². The number of ether oxygens (including phenoxy) is 1. The maximum Gasteiger partial charge on any atom is 0.220 e. The summed E-state index contributed by atoms with van der Waals surface area (Å²) in [6, 6.07) is 2.06. The number of amides is 1. The van der Waals surface area contributed by atoms with Gasteiger partial charge in [-0.3, -0.25) is 4.79 Å². The first kappa shape index (κ1) is 15.2. The highest BCUT2D eigenvalue weighted by Crippen LogP contribution is 2.31. The summed E-state index contributed by atoms with van der Waals surface area (Å²) in [6.45, 7) is 7.80. The Labute approximate surface area is 131 Å². The van der Waals surface area contributed by atoms with Crippen molar-refractivity contribution >= 4 is 11.7 Å². The molecule has 1 amide bonds. The van der Waals surface area contributed by atoms with Crippen LogP contribution < -0.4 is 4.90 Å². The van der Waals surface area contributed by atoms with E-state index in [1.54, 1.807) is 6.92 Å². The Balaban J connectivity index is 1.87. The topological polar surface area (TPSA) is 58.6 Å². The molecule has 6 nitrogen and oxygen atoms in total. The van der Waals surface area contributed by atoms with Crippen molar-refractivity contribution in [2.24, 2.45) is 0 Å². The summed E-state index contributed by atoms with van der Waals surface area (Å²) in [5.41, 5.74) is 0.959. The van der Waals surface area contributed by atoms with Crippen molar-refractivity contribution in [2.45, 2.75) is 39.2 Å².